The first-order chi connectivity index (χ1) is 8.24. The van der Waals surface area contributed by atoms with E-state index in [1.54, 1.807) is 6.92 Å². The van der Waals surface area contributed by atoms with Gasteiger partial charge in [0.1, 0.15) is 0 Å². The van der Waals surface area contributed by atoms with Crippen molar-refractivity contribution in [3.63, 3.8) is 0 Å². The summed E-state index contributed by atoms with van der Waals surface area (Å²) in [4.78, 5) is 14.7. The number of methoxy groups -OCH3 is 1. The summed E-state index contributed by atoms with van der Waals surface area (Å²) in [5, 5.41) is 0. The van der Waals surface area contributed by atoms with Gasteiger partial charge in [-0.2, -0.15) is 0 Å². The van der Waals surface area contributed by atoms with Gasteiger partial charge in [-0.05, 0) is 35.1 Å². The molecule has 0 radical (unpaired) electrons. The molecular formula is C10H9F3INO3. The number of carbonyl (C=O) groups excluding carboxylic acids is 1. The number of hydrogen-bond donors (Lipinski definition) is 0. The summed E-state index contributed by atoms with van der Waals surface area (Å²) in [6, 6.07) is 0. The van der Waals surface area contributed by atoms with E-state index in [-0.39, 0.29) is 12.0 Å². The molecular weight excluding hydrogens is 366 g/mol. The minimum atomic E-state index is -4.85. The van der Waals surface area contributed by atoms with E-state index in [1.807, 2.05) is 22.6 Å². The van der Waals surface area contributed by atoms with Gasteiger partial charge in [-0.15, -0.1) is 13.2 Å². The van der Waals surface area contributed by atoms with E-state index in [2.05, 4.69) is 14.5 Å². The summed E-state index contributed by atoms with van der Waals surface area (Å²) in [5.41, 5.74) is 0.726. The van der Waals surface area contributed by atoms with Crippen molar-refractivity contribution < 1.29 is 27.4 Å². The van der Waals surface area contributed by atoms with Crippen LogP contribution in [0.25, 0.3) is 0 Å². The fourth-order valence-electron chi connectivity index (χ4n) is 1.19. The Hall–Kier alpha value is -1.06. The molecule has 100 valence electrons. The Morgan fingerprint density at radius 1 is 1.50 bits per heavy atom. The summed E-state index contributed by atoms with van der Waals surface area (Å²) < 4.78 is 45.3. The average Bonchev–Trinajstić information content (AvgIpc) is 2.26. The van der Waals surface area contributed by atoms with E-state index >= 15 is 0 Å². The molecule has 0 saturated heterocycles. The molecule has 0 aliphatic rings. The van der Waals surface area contributed by atoms with E-state index in [4.69, 9.17) is 0 Å². The van der Waals surface area contributed by atoms with Crippen LogP contribution in [0.4, 0.5) is 13.2 Å². The van der Waals surface area contributed by atoms with Crippen LogP contribution in [0.1, 0.15) is 11.1 Å². The zero-order valence-electron chi connectivity index (χ0n) is 9.47. The fraction of sp³-hybridized carbons (Fsp3) is 0.400. The molecule has 1 aromatic heterocycles. The number of nitrogens with zero attached hydrogens (tertiary/aromatic N) is 1. The average molecular weight is 375 g/mol. The Morgan fingerprint density at radius 2 is 2.11 bits per heavy atom. The molecule has 0 amide bonds. The van der Waals surface area contributed by atoms with E-state index < -0.39 is 18.2 Å². The standard InChI is InChI=1S/C10H9F3INO3/c1-5-4-15-9(18-10(11,12)13)6(8(5)14)3-7(16)17-2/h4H,3H2,1-2H3. The van der Waals surface area contributed by atoms with Gasteiger partial charge in [0.15, 0.2) is 0 Å². The van der Waals surface area contributed by atoms with Gasteiger partial charge in [-0.25, -0.2) is 4.98 Å². The highest BCUT2D eigenvalue weighted by Gasteiger charge is 2.33. The molecule has 0 spiro atoms. The molecule has 0 saturated carbocycles. The summed E-state index contributed by atoms with van der Waals surface area (Å²) in [6.07, 6.45) is -3.92. The first-order valence-corrected chi connectivity index (χ1v) is 5.79. The molecule has 0 N–H and O–H groups in total. The second kappa shape index (κ2) is 5.72. The van der Waals surface area contributed by atoms with Crippen molar-refractivity contribution in [2.45, 2.75) is 19.7 Å². The lowest BCUT2D eigenvalue weighted by atomic mass is 10.1. The molecule has 1 rings (SSSR count). The molecule has 0 aliphatic heterocycles. The molecule has 1 heterocycles. The number of esters is 1. The van der Waals surface area contributed by atoms with E-state index in [0.717, 1.165) is 7.11 Å². The van der Waals surface area contributed by atoms with Gasteiger partial charge >= 0.3 is 12.3 Å². The summed E-state index contributed by atoms with van der Waals surface area (Å²) in [6.45, 7) is 1.67. The molecule has 0 atom stereocenters. The van der Waals surface area contributed by atoms with E-state index in [1.165, 1.54) is 6.20 Å². The number of rotatable bonds is 3. The second-order valence-electron chi connectivity index (χ2n) is 3.34. The molecule has 0 fully saturated rings. The second-order valence-corrected chi connectivity index (χ2v) is 4.42. The lowest BCUT2D eigenvalue weighted by molar-refractivity contribution is -0.276. The van der Waals surface area contributed by atoms with Crippen LogP contribution in [0.2, 0.25) is 0 Å². The topological polar surface area (TPSA) is 48.4 Å². The number of carbonyl (C=O) groups is 1. The van der Waals surface area contributed by atoms with Crippen LogP contribution in [0.3, 0.4) is 0 Å². The molecule has 8 heteroatoms. The van der Waals surface area contributed by atoms with E-state index in [0.29, 0.717) is 9.13 Å². The minimum Gasteiger partial charge on any atom is -0.469 e. The number of halogens is 4. The normalized spacial score (nSPS) is 11.2. The van der Waals surface area contributed by atoms with Crippen LogP contribution >= 0.6 is 22.6 Å². The predicted molar refractivity (Wildman–Crippen MR) is 64.1 cm³/mol. The Kier molecular flexibility index (Phi) is 4.77. The van der Waals surface area contributed by atoms with Crippen molar-refractivity contribution in [2.75, 3.05) is 7.11 Å². The number of aryl methyl sites for hydroxylation is 1. The summed E-state index contributed by atoms with van der Waals surface area (Å²) >= 11 is 1.84. The van der Waals surface area contributed by atoms with Crippen LogP contribution in [0, 0.1) is 10.5 Å². The monoisotopic (exact) mass is 375 g/mol. The third-order valence-corrected chi connectivity index (χ3v) is 3.51. The van der Waals surface area contributed by atoms with Crippen LogP contribution in [0.15, 0.2) is 6.20 Å². The maximum Gasteiger partial charge on any atom is 0.574 e. The highest BCUT2D eigenvalue weighted by Crippen LogP contribution is 2.29. The number of alkyl halides is 3. The predicted octanol–water partition coefficient (Wildman–Crippen LogP) is 2.61. The first kappa shape index (κ1) is 15.0. The maximum atomic E-state index is 12.2. The number of ether oxygens (including phenoxy) is 2. The van der Waals surface area contributed by atoms with Gasteiger partial charge in [0, 0.05) is 15.3 Å². The van der Waals surface area contributed by atoms with Crippen LogP contribution in [-0.2, 0) is 16.0 Å². The van der Waals surface area contributed by atoms with Gasteiger partial charge in [-0.1, -0.05) is 0 Å². The van der Waals surface area contributed by atoms with Gasteiger partial charge in [0.25, 0.3) is 0 Å². The maximum absolute atomic E-state index is 12.2. The van der Waals surface area contributed by atoms with E-state index in [9.17, 15) is 18.0 Å². The molecule has 0 aromatic carbocycles. The smallest absolute Gasteiger partial charge is 0.469 e. The third kappa shape index (κ3) is 4.00. The Balaban J connectivity index is 3.17. The number of pyridine rings is 1. The molecule has 1 aromatic rings. The minimum absolute atomic E-state index is 0.0692. The molecule has 0 aliphatic carbocycles. The van der Waals surface area contributed by atoms with Gasteiger partial charge in [0.2, 0.25) is 5.88 Å². The van der Waals surface area contributed by atoms with Crippen LogP contribution in [-0.4, -0.2) is 24.4 Å². The highest BCUT2D eigenvalue weighted by atomic mass is 127. The Morgan fingerprint density at radius 3 is 2.61 bits per heavy atom. The zero-order valence-corrected chi connectivity index (χ0v) is 11.6. The van der Waals surface area contributed by atoms with Crippen LogP contribution < -0.4 is 4.74 Å². The largest absolute Gasteiger partial charge is 0.574 e. The van der Waals surface area contributed by atoms with Crippen molar-refractivity contribution in [1.29, 1.82) is 0 Å². The van der Waals surface area contributed by atoms with Crippen molar-refractivity contribution in [3.8, 4) is 5.88 Å². The molecule has 18 heavy (non-hydrogen) atoms. The zero-order chi connectivity index (χ0) is 13.9. The van der Waals surface area contributed by atoms with Crippen molar-refractivity contribution >= 4 is 28.6 Å². The van der Waals surface area contributed by atoms with Gasteiger partial charge in [-0.3, -0.25) is 4.79 Å². The SMILES string of the molecule is COC(=O)Cc1c(OC(F)(F)F)ncc(C)c1I. The fourth-order valence-corrected chi connectivity index (χ4v) is 1.75. The lowest BCUT2D eigenvalue weighted by Crippen LogP contribution is -2.20. The summed E-state index contributed by atoms with van der Waals surface area (Å²) in [5.74, 6) is -1.28. The Bertz CT molecular complexity index is 462. The van der Waals surface area contributed by atoms with Gasteiger partial charge < -0.3 is 9.47 Å². The van der Waals surface area contributed by atoms with Crippen molar-refractivity contribution in [2.24, 2.45) is 0 Å². The Labute approximate surface area is 115 Å². The molecule has 0 unspecified atom stereocenters. The van der Waals surface area contributed by atoms with Gasteiger partial charge in [0.05, 0.1) is 13.5 Å². The molecule has 4 nitrogen and oxygen atoms in total. The van der Waals surface area contributed by atoms with Crippen LogP contribution in [0.5, 0.6) is 5.88 Å². The quantitative estimate of drug-likeness (QED) is 0.602. The molecule has 0 bridgehead atoms. The first-order valence-electron chi connectivity index (χ1n) is 4.71. The highest BCUT2D eigenvalue weighted by molar-refractivity contribution is 14.1. The number of aromatic nitrogens is 1. The van der Waals surface area contributed by atoms with Crippen molar-refractivity contribution in [1.82, 2.24) is 4.98 Å². The third-order valence-electron chi connectivity index (χ3n) is 2.01. The number of hydrogen-bond acceptors (Lipinski definition) is 4. The summed E-state index contributed by atoms with van der Waals surface area (Å²) in [7, 11) is 1.16. The lowest BCUT2D eigenvalue weighted by Gasteiger charge is -2.14. The van der Waals surface area contributed by atoms with Crippen molar-refractivity contribution in [3.05, 3.63) is 20.9 Å².